The van der Waals surface area contributed by atoms with Gasteiger partial charge in [0.1, 0.15) is 17.2 Å². The number of carbonyl (C=O) groups is 1. The predicted octanol–water partition coefficient (Wildman–Crippen LogP) is 5.20. The number of carbonyl (C=O) groups excluding carboxylic acids is 1. The fraction of sp³-hybridized carbons (Fsp3) is 0.240. The number of benzene rings is 2. The maximum absolute atomic E-state index is 13.3. The van der Waals surface area contributed by atoms with E-state index in [0.717, 1.165) is 33.8 Å². The van der Waals surface area contributed by atoms with Gasteiger partial charge in [-0.2, -0.15) is 0 Å². The number of imidazole rings is 1. The number of fused-ring (bicyclic) bond motifs is 1. The van der Waals surface area contributed by atoms with Crippen LogP contribution in [0.2, 0.25) is 0 Å². The van der Waals surface area contributed by atoms with E-state index in [1.54, 1.807) is 18.3 Å². The highest BCUT2D eigenvalue weighted by molar-refractivity contribution is 5.90. The average Bonchev–Trinajstić information content (AvgIpc) is 3.10. The average molecular weight is 417 g/mol. The number of hydrogen-bond donors (Lipinski definition) is 1. The molecule has 6 heteroatoms. The van der Waals surface area contributed by atoms with Gasteiger partial charge in [-0.1, -0.05) is 18.2 Å². The van der Waals surface area contributed by atoms with Crippen LogP contribution in [0.4, 0.5) is 10.1 Å². The van der Waals surface area contributed by atoms with Crippen LogP contribution in [0.1, 0.15) is 35.4 Å². The van der Waals surface area contributed by atoms with Gasteiger partial charge in [-0.3, -0.25) is 4.79 Å². The molecule has 0 fully saturated rings. The fourth-order valence-electron chi connectivity index (χ4n) is 3.58. The maximum atomic E-state index is 13.3. The molecule has 0 saturated heterocycles. The molecule has 4 rings (SSSR count). The maximum Gasteiger partial charge on any atom is 0.224 e. The second kappa shape index (κ2) is 9.08. The smallest absolute Gasteiger partial charge is 0.224 e. The van der Waals surface area contributed by atoms with Crippen molar-refractivity contribution in [1.29, 1.82) is 0 Å². The van der Waals surface area contributed by atoms with E-state index < -0.39 is 0 Å². The second-order valence-corrected chi connectivity index (χ2v) is 7.79. The normalized spacial score (nSPS) is 11.1. The van der Waals surface area contributed by atoms with Crippen LogP contribution in [0.5, 0.6) is 0 Å². The van der Waals surface area contributed by atoms with E-state index in [9.17, 15) is 9.18 Å². The van der Waals surface area contributed by atoms with Crippen LogP contribution >= 0.6 is 0 Å². The molecule has 31 heavy (non-hydrogen) atoms. The van der Waals surface area contributed by atoms with Gasteiger partial charge in [-0.15, -0.1) is 0 Å². The topological polar surface area (TPSA) is 59.8 Å². The van der Waals surface area contributed by atoms with Gasteiger partial charge in [-0.05, 0) is 73.4 Å². The summed E-state index contributed by atoms with van der Waals surface area (Å²) >= 11 is 0. The SMILES string of the molecule is Cc1ccc(NC(=O)CCCc2nc3cccnc3n2Cc2ccc(F)cc2)cc1C. The lowest BCUT2D eigenvalue weighted by Gasteiger charge is -2.10. The number of anilines is 1. The van der Waals surface area contributed by atoms with Crippen molar-refractivity contribution >= 4 is 22.8 Å². The van der Waals surface area contributed by atoms with Crippen LogP contribution in [-0.4, -0.2) is 20.4 Å². The van der Waals surface area contributed by atoms with Crippen molar-refractivity contribution < 1.29 is 9.18 Å². The summed E-state index contributed by atoms with van der Waals surface area (Å²) in [4.78, 5) is 21.6. The Kier molecular flexibility index (Phi) is 6.07. The Hall–Kier alpha value is -3.54. The highest BCUT2D eigenvalue weighted by Crippen LogP contribution is 2.19. The molecule has 0 bridgehead atoms. The minimum Gasteiger partial charge on any atom is -0.326 e. The number of halogens is 1. The van der Waals surface area contributed by atoms with Crippen LogP contribution in [0.3, 0.4) is 0 Å². The summed E-state index contributed by atoms with van der Waals surface area (Å²) in [6.45, 7) is 4.64. The third kappa shape index (κ3) is 4.97. The Labute approximate surface area is 181 Å². The third-order valence-electron chi connectivity index (χ3n) is 5.43. The number of rotatable bonds is 7. The number of aryl methyl sites for hydroxylation is 3. The molecule has 1 N–H and O–H groups in total. The summed E-state index contributed by atoms with van der Waals surface area (Å²) in [7, 11) is 0. The standard InChI is InChI=1S/C25H25FN4O/c1-17-8-13-21(15-18(17)2)28-24(31)7-3-6-23-29-22-5-4-14-27-25(22)30(23)16-19-9-11-20(26)12-10-19/h4-5,8-15H,3,6-7,16H2,1-2H3,(H,28,31). The van der Waals surface area contributed by atoms with Crippen molar-refractivity contribution in [2.75, 3.05) is 5.32 Å². The molecular formula is C25H25FN4O. The van der Waals surface area contributed by atoms with Crippen molar-refractivity contribution in [3.63, 3.8) is 0 Å². The quantitative estimate of drug-likeness (QED) is 0.451. The van der Waals surface area contributed by atoms with Crippen molar-refractivity contribution in [2.45, 2.75) is 39.7 Å². The molecule has 0 unspecified atom stereocenters. The Morgan fingerprint density at radius 2 is 1.87 bits per heavy atom. The van der Waals surface area contributed by atoms with E-state index in [1.807, 2.05) is 48.7 Å². The van der Waals surface area contributed by atoms with E-state index >= 15 is 0 Å². The molecule has 0 saturated carbocycles. The molecule has 2 aromatic carbocycles. The molecule has 4 aromatic rings. The van der Waals surface area contributed by atoms with Crippen molar-refractivity contribution in [2.24, 2.45) is 0 Å². The lowest BCUT2D eigenvalue weighted by molar-refractivity contribution is -0.116. The van der Waals surface area contributed by atoms with Crippen molar-refractivity contribution in [1.82, 2.24) is 14.5 Å². The van der Waals surface area contributed by atoms with Gasteiger partial charge in [0.2, 0.25) is 5.91 Å². The van der Waals surface area contributed by atoms with Crippen LogP contribution in [0.15, 0.2) is 60.8 Å². The largest absolute Gasteiger partial charge is 0.326 e. The number of amides is 1. The molecule has 0 radical (unpaired) electrons. The molecule has 0 aliphatic heterocycles. The summed E-state index contributed by atoms with van der Waals surface area (Å²) < 4.78 is 15.3. The lowest BCUT2D eigenvalue weighted by atomic mass is 10.1. The number of hydrogen-bond acceptors (Lipinski definition) is 3. The van der Waals surface area contributed by atoms with E-state index in [1.165, 1.54) is 17.7 Å². The van der Waals surface area contributed by atoms with Gasteiger partial charge in [0.25, 0.3) is 0 Å². The minimum atomic E-state index is -0.257. The Morgan fingerprint density at radius 1 is 1.06 bits per heavy atom. The fourth-order valence-corrected chi connectivity index (χ4v) is 3.58. The van der Waals surface area contributed by atoms with Gasteiger partial charge < -0.3 is 9.88 Å². The molecule has 0 aliphatic carbocycles. The summed E-state index contributed by atoms with van der Waals surface area (Å²) in [6.07, 6.45) is 3.47. The second-order valence-electron chi connectivity index (χ2n) is 7.79. The molecule has 5 nitrogen and oxygen atoms in total. The van der Waals surface area contributed by atoms with Crippen LogP contribution in [0.25, 0.3) is 11.2 Å². The first-order chi connectivity index (χ1) is 15.0. The van der Waals surface area contributed by atoms with E-state index in [0.29, 0.717) is 25.8 Å². The predicted molar refractivity (Wildman–Crippen MR) is 121 cm³/mol. The third-order valence-corrected chi connectivity index (χ3v) is 5.43. The summed E-state index contributed by atoms with van der Waals surface area (Å²) in [5, 5.41) is 2.97. The van der Waals surface area contributed by atoms with Crippen LogP contribution in [0, 0.1) is 19.7 Å². The van der Waals surface area contributed by atoms with Gasteiger partial charge >= 0.3 is 0 Å². The molecule has 2 aromatic heterocycles. The monoisotopic (exact) mass is 416 g/mol. The number of nitrogens with one attached hydrogen (secondary N) is 1. The zero-order valence-electron chi connectivity index (χ0n) is 17.7. The first kappa shape index (κ1) is 20.7. The summed E-state index contributed by atoms with van der Waals surface area (Å²) in [5.41, 5.74) is 5.76. The highest BCUT2D eigenvalue weighted by atomic mass is 19.1. The summed E-state index contributed by atoms with van der Waals surface area (Å²) in [5.74, 6) is 0.604. The number of aromatic nitrogens is 3. The Bertz CT molecular complexity index is 1210. The van der Waals surface area contributed by atoms with Crippen molar-refractivity contribution in [3.05, 3.63) is 89.1 Å². The molecule has 0 aliphatic rings. The van der Waals surface area contributed by atoms with Crippen LogP contribution in [-0.2, 0) is 17.8 Å². The highest BCUT2D eigenvalue weighted by Gasteiger charge is 2.13. The first-order valence-corrected chi connectivity index (χ1v) is 10.4. The summed E-state index contributed by atoms with van der Waals surface area (Å²) in [6, 6.07) is 16.2. The van der Waals surface area contributed by atoms with E-state index in [2.05, 4.69) is 10.3 Å². The molecule has 2 heterocycles. The van der Waals surface area contributed by atoms with Gasteiger partial charge in [-0.25, -0.2) is 14.4 Å². The van der Waals surface area contributed by atoms with Crippen LogP contribution < -0.4 is 5.32 Å². The molecule has 1 amide bonds. The van der Waals surface area contributed by atoms with Crippen molar-refractivity contribution in [3.8, 4) is 0 Å². The van der Waals surface area contributed by atoms with E-state index in [4.69, 9.17) is 4.98 Å². The molecule has 0 atom stereocenters. The zero-order valence-corrected chi connectivity index (χ0v) is 17.7. The Balaban J connectivity index is 1.44. The van der Waals surface area contributed by atoms with Gasteiger partial charge in [0.05, 0.1) is 6.54 Å². The lowest BCUT2D eigenvalue weighted by Crippen LogP contribution is -2.13. The number of nitrogens with zero attached hydrogens (tertiary/aromatic N) is 3. The molecule has 158 valence electrons. The minimum absolute atomic E-state index is 0.0115. The Morgan fingerprint density at radius 3 is 2.65 bits per heavy atom. The van der Waals surface area contributed by atoms with E-state index in [-0.39, 0.29) is 11.7 Å². The van der Waals surface area contributed by atoms with Gasteiger partial charge in [0.15, 0.2) is 5.65 Å². The number of pyridine rings is 1. The molecule has 0 spiro atoms. The molecular weight excluding hydrogens is 391 g/mol. The van der Waals surface area contributed by atoms with Gasteiger partial charge in [0, 0.05) is 24.7 Å². The first-order valence-electron chi connectivity index (χ1n) is 10.4. The zero-order chi connectivity index (χ0) is 21.8.